The summed E-state index contributed by atoms with van der Waals surface area (Å²) in [5.41, 5.74) is 3.88. The fourth-order valence-corrected chi connectivity index (χ4v) is 4.89. The highest BCUT2D eigenvalue weighted by atomic mass is 35.5. The summed E-state index contributed by atoms with van der Waals surface area (Å²) < 4.78 is 0. The number of nitrogens with one attached hydrogen (secondary N) is 1. The normalized spacial score (nSPS) is 23.1. The summed E-state index contributed by atoms with van der Waals surface area (Å²) in [6, 6.07) is 17.2. The fraction of sp³-hybridized carbons (Fsp3) is 0.500. The monoisotopic (exact) mass is 470 g/mol. The second kappa shape index (κ2) is 12.3. The Hall–Kier alpha value is -0.810. The molecule has 1 saturated heterocycles. The third-order valence-electron chi connectivity index (χ3n) is 6.49. The summed E-state index contributed by atoms with van der Waals surface area (Å²) in [5.74, 6) is 1.21. The topological polar surface area (TPSA) is 35.5 Å². The molecule has 0 amide bonds. The number of benzene rings is 2. The zero-order valence-electron chi connectivity index (χ0n) is 17.3. The van der Waals surface area contributed by atoms with Crippen LogP contribution in [0.2, 0.25) is 5.02 Å². The van der Waals surface area contributed by atoms with Crippen LogP contribution in [0.3, 0.4) is 0 Å². The fourth-order valence-electron chi connectivity index (χ4n) is 4.77. The zero-order valence-corrected chi connectivity index (χ0v) is 19.7. The average Bonchev–Trinajstić information content (AvgIpc) is 2.74. The zero-order chi connectivity index (χ0) is 19.3. The minimum absolute atomic E-state index is 0. The van der Waals surface area contributed by atoms with E-state index < -0.39 is 0 Å². The first-order valence-electron chi connectivity index (χ1n) is 10.7. The van der Waals surface area contributed by atoms with Gasteiger partial charge in [-0.2, -0.15) is 0 Å². The summed E-state index contributed by atoms with van der Waals surface area (Å²) >= 11 is 6.03. The van der Waals surface area contributed by atoms with Crippen molar-refractivity contribution in [1.82, 2.24) is 10.2 Å². The molecule has 4 rings (SSSR count). The van der Waals surface area contributed by atoms with Crippen molar-refractivity contribution in [1.29, 1.82) is 0 Å². The first-order chi connectivity index (χ1) is 13.7. The summed E-state index contributed by atoms with van der Waals surface area (Å²) in [7, 11) is 0. The smallest absolute Gasteiger partial charge is 0.0540 e. The number of aliphatic hydroxyl groups is 1. The van der Waals surface area contributed by atoms with Gasteiger partial charge in [-0.1, -0.05) is 48.0 Å². The second-order valence-electron chi connectivity index (χ2n) is 8.35. The van der Waals surface area contributed by atoms with Crippen molar-refractivity contribution in [2.24, 2.45) is 5.92 Å². The molecule has 0 spiro atoms. The van der Waals surface area contributed by atoms with E-state index in [-0.39, 0.29) is 30.9 Å². The van der Waals surface area contributed by atoms with Crippen LogP contribution in [-0.2, 0) is 0 Å². The van der Waals surface area contributed by atoms with Crippen LogP contribution < -0.4 is 5.32 Å². The molecule has 0 radical (unpaired) electrons. The molecule has 1 aliphatic heterocycles. The van der Waals surface area contributed by atoms with Crippen molar-refractivity contribution in [3.05, 3.63) is 59.1 Å². The van der Waals surface area contributed by atoms with E-state index in [4.69, 9.17) is 11.6 Å². The van der Waals surface area contributed by atoms with E-state index in [2.05, 4.69) is 46.6 Å². The maximum Gasteiger partial charge on any atom is 0.0540 e. The molecule has 1 atom stereocenters. The van der Waals surface area contributed by atoms with Crippen LogP contribution in [0, 0.1) is 5.92 Å². The average molecular weight is 472 g/mol. The molecule has 1 aliphatic carbocycles. The molecule has 1 saturated carbocycles. The Morgan fingerprint density at radius 1 is 0.867 bits per heavy atom. The minimum Gasteiger partial charge on any atom is -0.393 e. The van der Waals surface area contributed by atoms with Crippen LogP contribution in [0.5, 0.6) is 0 Å². The van der Waals surface area contributed by atoms with E-state index in [9.17, 15) is 5.11 Å². The molecular formula is C24H33Cl3N2O. The third kappa shape index (κ3) is 6.59. The van der Waals surface area contributed by atoms with E-state index in [1.807, 2.05) is 12.1 Å². The van der Waals surface area contributed by atoms with Crippen molar-refractivity contribution in [3.8, 4) is 11.1 Å². The number of halogens is 3. The van der Waals surface area contributed by atoms with Gasteiger partial charge >= 0.3 is 0 Å². The van der Waals surface area contributed by atoms with E-state index in [0.717, 1.165) is 63.4 Å². The van der Waals surface area contributed by atoms with E-state index in [1.165, 1.54) is 16.7 Å². The first-order valence-corrected chi connectivity index (χ1v) is 11.0. The van der Waals surface area contributed by atoms with Gasteiger partial charge in [-0.05, 0) is 66.3 Å². The molecule has 6 heteroatoms. The summed E-state index contributed by atoms with van der Waals surface area (Å²) in [4.78, 5) is 2.61. The van der Waals surface area contributed by atoms with Crippen molar-refractivity contribution >= 4 is 36.4 Å². The van der Waals surface area contributed by atoms with Gasteiger partial charge < -0.3 is 15.3 Å². The van der Waals surface area contributed by atoms with Gasteiger partial charge in [0.15, 0.2) is 0 Å². The minimum atomic E-state index is -0.0941. The molecule has 0 bridgehead atoms. The van der Waals surface area contributed by atoms with Gasteiger partial charge in [-0.15, -0.1) is 24.8 Å². The number of hydrogen-bond donors (Lipinski definition) is 2. The van der Waals surface area contributed by atoms with Crippen LogP contribution in [0.15, 0.2) is 48.5 Å². The lowest BCUT2D eigenvalue weighted by molar-refractivity contribution is 0.0932. The molecule has 1 unspecified atom stereocenters. The third-order valence-corrected chi connectivity index (χ3v) is 6.74. The molecule has 2 N–H and O–H groups in total. The highest BCUT2D eigenvalue weighted by Gasteiger charge is 2.29. The molecule has 166 valence electrons. The standard InChI is InChI=1S/C24H31ClN2O.2ClH/c25-22-9-5-19(6-10-22)18-1-3-20(4-2-18)24(17-27-15-13-26-14-16-27)21-7-11-23(28)12-8-21;;/h1-6,9-10,21,23-24,26,28H,7-8,11-17H2;2*1H. The number of rotatable bonds is 5. The van der Waals surface area contributed by atoms with Crippen LogP contribution in [-0.4, -0.2) is 48.8 Å². The maximum atomic E-state index is 9.95. The van der Waals surface area contributed by atoms with Gasteiger partial charge in [0.1, 0.15) is 0 Å². The highest BCUT2D eigenvalue weighted by Crippen LogP contribution is 2.37. The molecule has 1 heterocycles. The molecule has 0 aromatic heterocycles. The predicted molar refractivity (Wildman–Crippen MR) is 131 cm³/mol. The quantitative estimate of drug-likeness (QED) is 0.613. The molecule has 2 aromatic carbocycles. The lowest BCUT2D eigenvalue weighted by atomic mass is 9.75. The SMILES string of the molecule is Cl.Cl.OC1CCC(C(CN2CCNCC2)c2ccc(-c3ccc(Cl)cc3)cc2)CC1. The Labute approximate surface area is 198 Å². The summed E-state index contributed by atoms with van der Waals surface area (Å²) in [6.07, 6.45) is 4.08. The first kappa shape index (κ1) is 25.5. The van der Waals surface area contributed by atoms with Crippen LogP contribution in [0.4, 0.5) is 0 Å². The Morgan fingerprint density at radius 2 is 1.40 bits per heavy atom. The number of hydrogen-bond acceptors (Lipinski definition) is 3. The van der Waals surface area contributed by atoms with Crippen molar-refractivity contribution < 1.29 is 5.11 Å². The number of nitrogens with zero attached hydrogens (tertiary/aromatic N) is 1. The Kier molecular flexibility index (Phi) is 10.4. The van der Waals surface area contributed by atoms with Gasteiger partial charge in [-0.25, -0.2) is 0 Å². The highest BCUT2D eigenvalue weighted by molar-refractivity contribution is 6.30. The molecule has 2 aromatic rings. The molecule has 3 nitrogen and oxygen atoms in total. The van der Waals surface area contributed by atoms with Crippen LogP contribution >= 0.6 is 36.4 Å². The summed E-state index contributed by atoms with van der Waals surface area (Å²) in [6.45, 7) is 5.57. The van der Waals surface area contributed by atoms with Gasteiger partial charge in [0.2, 0.25) is 0 Å². The van der Waals surface area contributed by atoms with Crippen LogP contribution in [0.25, 0.3) is 11.1 Å². The van der Waals surface area contributed by atoms with E-state index in [1.54, 1.807) is 0 Å². The van der Waals surface area contributed by atoms with Gasteiger partial charge in [-0.3, -0.25) is 0 Å². The van der Waals surface area contributed by atoms with E-state index >= 15 is 0 Å². The molecule has 30 heavy (non-hydrogen) atoms. The van der Waals surface area contributed by atoms with Crippen LogP contribution in [0.1, 0.15) is 37.2 Å². The van der Waals surface area contributed by atoms with Gasteiger partial charge in [0.25, 0.3) is 0 Å². The van der Waals surface area contributed by atoms with Gasteiger partial charge in [0.05, 0.1) is 6.10 Å². The van der Waals surface area contributed by atoms with Crippen molar-refractivity contribution in [3.63, 3.8) is 0 Å². The Bertz CT molecular complexity index is 740. The molecule has 2 fully saturated rings. The molecule has 2 aliphatic rings. The largest absolute Gasteiger partial charge is 0.393 e. The van der Waals surface area contributed by atoms with E-state index in [0.29, 0.717) is 11.8 Å². The maximum absolute atomic E-state index is 9.95. The Morgan fingerprint density at radius 3 is 1.97 bits per heavy atom. The van der Waals surface area contributed by atoms with Crippen molar-refractivity contribution in [2.45, 2.75) is 37.7 Å². The lowest BCUT2D eigenvalue weighted by Gasteiger charge is -2.37. The van der Waals surface area contributed by atoms with Gasteiger partial charge in [0, 0.05) is 37.7 Å². The predicted octanol–water partition coefficient (Wildman–Crippen LogP) is 5.39. The summed E-state index contributed by atoms with van der Waals surface area (Å²) in [5, 5.41) is 14.2. The number of aliphatic hydroxyl groups excluding tert-OH is 1. The van der Waals surface area contributed by atoms with Crippen molar-refractivity contribution in [2.75, 3.05) is 32.7 Å². The number of piperazine rings is 1. The lowest BCUT2D eigenvalue weighted by Crippen LogP contribution is -2.46. The second-order valence-corrected chi connectivity index (χ2v) is 8.79. The Balaban J connectivity index is 0.00000160. The molecular weight excluding hydrogens is 439 g/mol.